The van der Waals surface area contributed by atoms with Gasteiger partial charge in [-0.25, -0.2) is 24.7 Å². The summed E-state index contributed by atoms with van der Waals surface area (Å²) >= 11 is 1.14. The highest BCUT2D eigenvalue weighted by Gasteiger charge is 2.09. The van der Waals surface area contributed by atoms with Crippen molar-refractivity contribution in [2.75, 3.05) is 18.6 Å². The van der Waals surface area contributed by atoms with Crippen LogP contribution in [-0.2, 0) is 4.74 Å². The summed E-state index contributed by atoms with van der Waals surface area (Å²) in [6.07, 6.45) is 2.73. The van der Waals surface area contributed by atoms with Gasteiger partial charge in [-0.1, -0.05) is 0 Å². The van der Waals surface area contributed by atoms with Gasteiger partial charge in [0, 0.05) is 6.07 Å². The van der Waals surface area contributed by atoms with Crippen LogP contribution in [0, 0.1) is 0 Å². The van der Waals surface area contributed by atoms with Gasteiger partial charge in [-0.3, -0.25) is 0 Å². The Morgan fingerprint density at radius 3 is 2.42 bits per heavy atom. The number of hydrogen-bond donors (Lipinski definition) is 2. The normalized spacial score (nSPS) is 10.2. The summed E-state index contributed by atoms with van der Waals surface area (Å²) in [7, 11) is 1.27. The zero-order chi connectivity index (χ0) is 13.8. The van der Waals surface area contributed by atoms with Gasteiger partial charge < -0.3 is 16.2 Å². The first-order valence-electron chi connectivity index (χ1n) is 5.06. The minimum absolute atomic E-state index is 0.125. The van der Waals surface area contributed by atoms with Gasteiger partial charge in [0.1, 0.15) is 16.7 Å². The van der Waals surface area contributed by atoms with Crippen LogP contribution in [0.4, 0.5) is 11.6 Å². The minimum atomic E-state index is -0.548. The average molecular weight is 278 g/mol. The van der Waals surface area contributed by atoms with Crippen molar-refractivity contribution in [3.63, 3.8) is 0 Å². The number of nitrogens with zero attached hydrogens (tertiary/aromatic N) is 4. The molecule has 0 aromatic carbocycles. The molecule has 2 heterocycles. The van der Waals surface area contributed by atoms with E-state index in [1.807, 2.05) is 0 Å². The number of carbonyl (C=O) groups excluding carboxylic acids is 1. The number of methoxy groups -OCH3 is 1. The predicted molar refractivity (Wildman–Crippen MR) is 68.4 cm³/mol. The number of rotatable bonds is 3. The van der Waals surface area contributed by atoms with Gasteiger partial charge in [-0.15, -0.1) is 0 Å². The number of nitrogens with two attached hydrogens (primary N) is 2. The third kappa shape index (κ3) is 3.28. The topological polar surface area (TPSA) is 130 Å². The zero-order valence-electron chi connectivity index (χ0n) is 9.90. The lowest BCUT2D eigenvalue weighted by Crippen LogP contribution is -2.05. The van der Waals surface area contributed by atoms with Gasteiger partial charge in [0.25, 0.3) is 0 Å². The van der Waals surface area contributed by atoms with E-state index in [9.17, 15) is 4.79 Å². The Morgan fingerprint density at radius 1 is 1.21 bits per heavy atom. The lowest BCUT2D eigenvalue weighted by atomic mass is 10.5. The molecular formula is C10H10N6O2S. The number of esters is 1. The molecule has 0 aliphatic rings. The molecule has 2 aromatic rings. The Kier molecular flexibility index (Phi) is 3.76. The lowest BCUT2D eigenvalue weighted by molar-refractivity contribution is 0.0593. The predicted octanol–water partition coefficient (Wildman–Crippen LogP) is 0.369. The Hall–Kier alpha value is -2.42. The van der Waals surface area contributed by atoms with Crippen LogP contribution in [0.15, 0.2) is 28.6 Å². The van der Waals surface area contributed by atoms with E-state index in [1.165, 1.54) is 25.6 Å². The number of ether oxygens (including phenoxy) is 1. The Labute approximate surface area is 112 Å². The number of hydrogen-bond acceptors (Lipinski definition) is 9. The van der Waals surface area contributed by atoms with Crippen LogP contribution >= 0.6 is 11.8 Å². The number of aromatic nitrogens is 4. The van der Waals surface area contributed by atoms with Crippen LogP contribution in [0.5, 0.6) is 0 Å². The van der Waals surface area contributed by atoms with E-state index >= 15 is 0 Å². The van der Waals surface area contributed by atoms with Crippen LogP contribution in [0.1, 0.15) is 10.5 Å². The van der Waals surface area contributed by atoms with Gasteiger partial charge in [-0.05, 0) is 11.8 Å². The molecule has 0 fully saturated rings. The molecule has 0 atom stereocenters. The van der Waals surface area contributed by atoms with Crippen LogP contribution in [0.25, 0.3) is 0 Å². The second-order valence-corrected chi connectivity index (χ2v) is 4.32. The first-order valence-corrected chi connectivity index (χ1v) is 5.88. The SMILES string of the molecule is COC(=O)c1cnc(Sc2nc(N)cc(N)n2)cn1. The summed E-state index contributed by atoms with van der Waals surface area (Å²) in [4.78, 5) is 27.1. The zero-order valence-corrected chi connectivity index (χ0v) is 10.7. The number of anilines is 2. The van der Waals surface area contributed by atoms with E-state index in [4.69, 9.17) is 11.5 Å². The van der Waals surface area contributed by atoms with E-state index < -0.39 is 5.97 Å². The van der Waals surface area contributed by atoms with Crippen molar-refractivity contribution in [3.05, 3.63) is 24.2 Å². The smallest absolute Gasteiger partial charge is 0.358 e. The fraction of sp³-hybridized carbons (Fsp3) is 0.100. The molecule has 0 aliphatic carbocycles. The molecule has 9 heteroatoms. The van der Waals surface area contributed by atoms with E-state index in [0.717, 1.165) is 11.8 Å². The van der Waals surface area contributed by atoms with Crippen molar-refractivity contribution in [1.82, 2.24) is 19.9 Å². The summed E-state index contributed by atoms with van der Waals surface area (Å²) < 4.78 is 4.52. The average Bonchev–Trinajstić information content (AvgIpc) is 2.37. The molecule has 0 radical (unpaired) electrons. The molecule has 0 spiro atoms. The van der Waals surface area contributed by atoms with Crippen molar-refractivity contribution in [3.8, 4) is 0 Å². The van der Waals surface area contributed by atoms with Crippen molar-refractivity contribution in [1.29, 1.82) is 0 Å². The van der Waals surface area contributed by atoms with Crippen LogP contribution < -0.4 is 11.5 Å². The fourth-order valence-electron chi connectivity index (χ4n) is 1.18. The molecule has 2 aromatic heterocycles. The highest BCUT2D eigenvalue weighted by molar-refractivity contribution is 7.99. The molecule has 0 saturated carbocycles. The maximum absolute atomic E-state index is 11.2. The van der Waals surface area contributed by atoms with Crippen LogP contribution in [0.2, 0.25) is 0 Å². The van der Waals surface area contributed by atoms with Crippen molar-refractivity contribution < 1.29 is 9.53 Å². The molecule has 0 bridgehead atoms. The van der Waals surface area contributed by atoms with Crippen molar-refractivity contribution in [2.45, 2.75) is 10.2 Å². The second-order valence-electron chi connectivity index (χ2n) is 3.33. The van der Waals surface area contributed by atoms with Crippen LogP contribution in [-0.4, -0.2) is 33.0 Å². The highest BCUT2D eigenvalue weighted by atomic mass is 32.2. The molecule has 4 N–H and O–H groups in total. The van der Waals surface area contributed by atoms with Gasteiger partial charge in [-0.2, -0.15) is 0 Å². The minimum Gasteiger partial charge on any atom is -0.464 e. The molecule has 0 unspecified atom stereocenters. The van der Waals surface area contributed by atoms with E-state index in [2.05, 4.69) is 24.7 Å². The second kappa shape index (κ2) is 5.48. The summed E-state index contributed by atoms with van der Waals surface area (Å²) in [5.74, 6) is -0.00298. The Morgan fingerprint density at radius 2 is 1.89 bits per heavy atom. The van der Waals surface area contributed by atoms with E-state index in [1.54, 1.807) is 0 Å². The fourth-order valence-corrected chi connectivity index (χ4v) is 1.88. The first-order chi connectivity index (χ1) is 9.08. The molecule has 0 saturated heterocycles. The molecular weight excluding hydrogens is 268 g/mol. The molecule has 2 rings (SSSR count). The number of carbonyl (C=O) groups is 1. The first kappa shape index (κ1) is 13.0. The molecule has 19 heavy (non-hydrogen) atoms. The van der Waals surface area contributed by atoms with Gasteiger partial charge in [0.2, 0.25) is 0 Å². The molecule has 8 nitrogen and oxygen atoms in total. The molecule has 0 aliphatic heterocycles. The third-order valence-electron chi connectivity index (χ3n) is 1.96. The standard InChI is InChI=1S/C10H10N6O2S/c1-18-9(17)5-3-14-8(4-13-5)19-10-15-6(11)2-7(12)16-10/h2-4H,1H3,(H4,11,12,15,16). The van der Waals surface area contributed by atoms with E-state index in [-0.39, 0.29) is 17.3 Å². The monoisotopic (exact) mass is 278 g/mol. The third-order valence-corrected chi connectivity index (χ3v) is 2.75. The van der Waals surface area contributed by atoms with Gasteiger partial charge in [0.15, 0.2) is 10.9 Å². The number of nitrogen functional groups attached to an aromatic ring is 2. The summed E-state index contributed by atoms with van der Waals surface area (Å²) in [6, 6.07) is 1.45. The maximum atomic E-state index is 11.2. The summed E-state index contributed by atoms with van der Waals surface area (Å²) in [5.41, 5.74) is 11.2. The summed E-state index contributed by atoms with van der Waals surface area (Å²) in [6.45, 7) is 0. The van der Waals surface area contributed by atoms with Crippen molar-refractivity contribution in [2.24, 2.45) is 0 Å². The van der Waals surface area contributed by atoms with Crippen molar-refractivity contribution >= 4 is 29.4 Å². The van der Waals surface area contributed by atoms with Gasteiger partial charge >= 0.3 is 5.97 Å². The van der Waals surface area contributed by atoms with Gasteiger partial charge in [0.05, 0.1) is 19.5 Å². The van der Waals surface area contributed by atoms with Crippen LogP contribution in [0.3, 0.4) is 0 Å². The quantitative estimate of drug-likeness (QED) is 0.603. The molecule has 98 valence electrons. The lowest BCUT2D eigenvalue weighted by Gasteiger charge is -2.02. The molecule has 0 amide bonds. The van der Waals surface area contributed by atoms with E-state index in [0.29, 0.717) is 10.2 Å². The Balaban J connectivity index is 2.17. The maximum Gasteiger partial charge on any atom is 0.358 e. The highest BCUT2D eigenvalue weighted by Crippen LogP contribution is 2.23. The Bertz CT molecular complexity index is 583. The summed E-state index contributed by atoms with van der Waals surface area (Å²) in [5, 5.41) is 0.871. The largest absolute Gasteiger partial charge is 0.464 e.